The van der Waals surface area contributed by atoms with Crippen molar-refractivity contribution in [1.82, 2.24) is 10.3 Å². The van der Waals surface area contributed by atoms with Crippen molar-refractivity contribution in [3.63, 3.8) is 0 Å². The monoisotopic (exact) mass is 376 g/mol. The summed E-state index contributed by atoms with van der Waals surface area (Å²) in [5.41, 5.74) is 1.85. The number of rotatable bonds is 6. The first-order chi connectivity index (χ1) is 12.1. The number of pyridine rings is 1. The number of aromatic amines is 1. The van der Waals surface area contributed by atoms with E-state index in [1.165, 1.54) is 12.1 Å². The number of hydrogen-bond acceptors (Lipinski definition) is 5. The Balaban J connectivity index is 0.00000243. The van der Waals surface area contributed by atoms with E-state index in [2.05, 4.69) is 10.3 Å². The van der Waals surface area contributed by atoms with Crippen LogP contribution < -0.4 is 10.9 Å². The lowest BCUT2D eigenvalue weighted by Gasteiger charge is -2.19. The third kappa shape index (κ3) is 4.35. The van der Waals surface area contributed by atoms with Crippen LogP contribution in [0.1, 0.15) is 17.2 Å². The molecule has 0 radical (unpaired) electrons. The zero-order valence-electron chi connectivity index (χ0n) is 14.0. The molecular weight excluding hydrogens is 356 g/mol. The van der Waals surface area contributed by atoms with Crippen LogP contribution in [0.3, 0.4) is 0 Å². The van der Waals surface area contributed by atoms with Crippen LogP contribution in [0.5, 0.6) is 11.5 Å². The molecule has 1 aromatic heterocycles. The van der Waals surface area contributed by atoms with Gasteiger partial charge in [-0.25, -0.2) is 0 Å². The molecule has 0 bridgehead atoms. The topological polar surface area (TPSA) is 106 Å². The second-order valence-corrected chi connectivity index (χ2v) is 5.89. The van der Waals surface area contributed by atoms with Gasteiger partial charge in [-0.2, -0.15) is 0 Å². The number of phenols is 2. The number of benzene rings is 2. The standard InChI is InChI=1S/C19H20N2O4.ClH/c22-11-16(20-9-8-12-2-1-3-13(23)10-12)14-4-6-17(24)19-15(14)5-7-18(25)21-19;/h1-7,10,16,20,22-24H,8-9,11H2,(H,21,25);1H. The maximum Gasteiger partial charge on any atom is 0.248 e. The molecule has 0 saturated heterocycles. The molecule has 2 aromatic carbocycles. The van der Waals surface area contributed by atoms with E-state index in [1.54, 1.807) is 30.3 Å². The van der Waals surface area contributed by atoms with Crippen molar-refractivity contribution >= 4 is 23.3 Å². The summed E-state index contributed by atoms with van der Waals surface area (Å²) >= 11 is 0. The SMILES string of the molecule is Cl.O=c1ccc2c(C(CO)NCCc3cccc(O)c3)ccc(O)c2[nH]1. The minimum Gasteiger partial charge on any atom is -0.508 e. The molecule has 138 valence electrons. The summed E-state index contributed by atoms with van der Waals surface area (Å²) in [6, 6.07) is 13.0. The Morgan fingerprint density at radius 2 is 1.88 bits per heavy atom. The van der Waals surface area contributed by atoms with Crippen LogP contribution in [0, 0.1) is 0 Å². The van der Waals surface area contributed by atoms with Crippen molar-refractivity contribution in [1.29, 1.82) is 0 Å². The first-order valence-corrected chi connectivity index (χ1v) is 8.05. The van der Waals surface area contributed by atoms with E-state index in [4.69, 9.17) is 0 Å². The molecule has 7 heteroatoms. The number of fused-ring (bicyclic) bond motifs is 1. The lowest BCUT2D eigenvalue weighted by atomic mass is 10.0. The van der Waals surface area contributed by atoms with Gasteiger partial charge in [0.05, 0.1) is 18.2 Å². The second-order valence-electron chi connectivity index (χ2n) is 5.89. The zero-order valence-corrected chi connectivity index (χ0v) is 14.8. The predicted molar refractivity (Wildman–Crippen MR) is 103 cm³/mol. The number of nitrogens with one attached hydrogen (secondary N) is 2. The maximum atomic E-state index is 11.5. The van der Waals surface area contributed by atoms with E-state index in [1.807, 2.05) is 6.07 Å². The van der Waals surface area contributed by atoms with E-state index in [0.29, 0.717) is 23.9 Å². The number of halogens is 1. The Labute approximate surface area is 156 Å². The van der Waals surface area contributed by atoms with Gasteiger partial charge in [0.15, 0.2) is 0 Å². The number of hydrogen-bond donors (Lipinski definition) is 5. The van der Waals surface area contributed by atoms with Crippen molar-refractivity contribution in [3.05, 3.63) is 70.0 Å². The first-order valence-electron chi connectivity index (χ1n) is 8.05. The van der Waals surface area contributed by atoms with Crippen LogP contribution in [-0.2, 0) is 6.42 Å². The summed E-state index contributed by atoms with van der Waals surface area (Å²) in [5, 5.41) is 33.2. The summed E-state index contributed by atoms with van der Waals surface area (Å²) < 4.78 is 0. The van der Waals surface area contributed by atoms with E-state index in [0.717, 1.165) is 11.1 Å². The second kappa shape index (κ2) is 8.71. The molecule has 0 saturated carbocycles. The normalized spacial score (nSPS) is 11.9. The highest BCUT2D eigenvalue weighted by Gasteiger charge is 2.15. The van der Waals surface area contributed by atoms with Gasteiger partial charge in [0.2, 0.25) is 5.56 Å². The fourth-order valence-electron chi connectivity index (χ4n) is 2.94. The smallest absolute Gasteiger partial charge is 0.248 e. The van der Waals surface area contributed by atoms with Crippen LogP contribution in [0.4, 0.5) is 0 Å². The van der Waals surface area contributed by atoms with E-state index >= 15 is 0 Å². The van der Waals surface area contributed by atoms with E-state index in [9.17, 15) is 20.1 Å². The van der Waals surface area contributed by atoms with Crippen molar-refractivity contribution in [3.8, 4) is 11.5 Å². The van der Waals surface area contributed by atoms with Gasteiger partial charge in [-0.05, 0) is 48.4 Å². The van der Waals surface area contributed by atoms with Gasteiger partial charge in [0.1, 0.15) is 11.5 Å². The average molecular weight is 377 g/mol. The molecule has 6 nitrogen and oxygen atoms in total. The van der Waals surface area contributed by atoms with E-state index in [-0.39, 0.29) is 42.1 Å². The molecule has 0 aliphatic carbocycles. The number of aromatic nitrogens is 1. The molecular formula is C19H21ClN2O4. The number of aliphatic hydroxyl groups is 1. The maximum absolute atomic E-state index is 11.5. The summed E-state index contributed by atoms with van der Waals surface area (Å²) in [5.74, 6) is 0.220. The number of aliphatic hydroxyl groups excluding tert-OH is 1. The van der Waals surface area contributed by atoms with Crippen LogP contribution >= 0.6 is 12.4 Å². The zero-order chi connectivity index (χ0) is 17.8. The average Bonchev–Trinajstić information content (AvgIpc) is 2.60. The minimum atomic E-state index is -0.341. The number of phenolic OH excluding ortho intramolecular Hbond substituents is 2. The third-order valence-electron chi connectivity index (χ3n) is 4.18. The fraction of sp³-hybridized carbons (Fsp3) is 0.211. The molecule has 1 heterocycles. The van der Waals surface area contributed by atoms with Gasteiger partial charge in [-0.3, -0.25) is 4.79 Å². The Morgan fingerprint density at radius 1 is 1.08 bits per heavy atom. The minimum absolute atomic E-state index is 0. The van der Waals surface area contributed by atoms with Gasteiger partial charge in [-0.1, -0.05) is 18.2 Å². The highest BCUT2D eigenvalue weighted by molar-refractivity contribution is 5.87. The lowest BCUT2D eigenvalue weighted by molar-refractivity contribution is 0.246. The van der Waals surface area contributed by atoms with Gasteiger partial charge < -0.3 is 25.6 Å². The lowest BCUT2D eigenvalue weighted by Crippen LogP contribution is -2.26. The molecule has 1 atom stereocenters. The third-order valence-corrected chi connectivity index (χ3v) is 4.18. The Bertz CT molecular complexity index is 942. The number of aromatic hydroxyl groups is 2. The molecule has 26 heavy (non-hydrogen) atoms. The van der Waals surface area contributed by atoms with Crippen LogP contribution in [0.15, 0.2) is 53.3 Å². The van der Waals surface area contributed by atoms with Gasteiger partial charge in [0, 0.05) is 11.5 Å². The molecule has 0 aliphatic rings. The van der Waals surface area contributed by atoms with Crippen molar-refractivity contribution in [2.24, 2.45) is 0 Å². The van der Waals surface area contributed by atoms with Crippen molar-refractivity contribution in [2.75, 3.05) is 13.2 Å². The molecule has 5 N–H and O–H groups in total. The largest absolute Gasteiger partial charge is 0.508 e. The number of H-pyrrole nitrogens is 1. The van der Waals surface area contributed by atoms with Crippen LogP contribution in [0.25, 0.3) is 10.9 Å². The quantitative estimate of drug-likeness (QED) is 0.453. The molecule has 0 amide bonds. The van der Waals surface area contributed by atoms with Gasteiger partial charge in [-0.15, -0.1) is 12.4 Å². The van der Waals surface area contributed by atoms with Gasteiger partial charge >= 0.3 is 0 Å². The van der Waals surface area contributed by atoms with Crippen molar-refractivity contribution < 1.29 is 15.3 Å². The molecule has 3 aromatic rings. The summed E-state index contributed by atoms with van der Waals surface area (Å²) in [6.07, 6.45) is 0.692. The summed E-state index contributed by atoms with van der Waals surface area (Å²) in [4.78, 5) is 14.1. The molecule has 0 fully saturated rings. The van der Waals surface area contributed by atoms with Crippen LogP contribution in [0.2, 0.25) is 0 Å². The highest BCUT2D eigenvalue weighted by Crippen LogP contribution is 2.28. The molecule has 0 aliphatic heterocycles. The van der Waals surface area contributed by atoms with Gasteiger partial charge in [0.25, 0.3) is 0 Å². The molecule has 0 spiro atoms. The molecule has 1 unspecified atom stereocenters. The Hall–Kier alpha value is -2.54. The summed E-state index contributed by atoms with van der Waals surface area (Å²) in [6.45, 7) is 0.472. The Kier molecular flexibility index (Phi) is 6.63. The highest BCUT2D eigenvalue weighted by atomic mass is 35.5. The van der Waals surface area contributed by atoms with Crippen molar-refractivity contribution in [2.45, 2.75) is 12.5 Å². The fourth-order valence-corrected chi connectivity index (χ4v) is 2.94. The molecule has 3 rings (SSSR count). The van der Waals surface area contributed by atoms with Crippen LogP contribution in [-0.4, -0.2) is 33.5 Å². The van der Waals surface area contributed by atoms with E-state index < -0.39 is 0 Å². The first kappa shape index (κ1) is 19.8. The Morgan fingerprint density at radius 3 is 2.62 bits per heavy atom. The predicted octanol–water partition coefficient (Wildman–Crippen LogP) is 2.23. The summed E-state index contributed by atoms with van der Waals surface area (Å²) in [7, 11) is 0.